The van der Waals surface area contributed by atoms with Crippen LogP contribution in [0.5, 0.6) is 0 Å². The number of hydrogen-bond donors (Lipinski definition) is 1. The van der Waals surface area contributed by atoms with Crippen LogP contribution >= 0.6 is 23.2 Å². The Balaban J connectivity index is 2.01. The number of rotatable bonds is 5. The molecule has 2 unspecified atom stereocenters. The summed E-state index contributed by atoms with van der Waals surface area (Å²) in [4.78, 5) is 12.7. The number of amides is 1. The average Bonchev–Trinajstić information content (AvgIpc) is 3.21. The van der Waals surface area contributed by atoms with Crippen LogP contribution in [0.25, 0.3) is 0 Å². The minimum absolute atomic E-state index is 0.0120. The Labute approximate surface area is 166 Å². The molecular weight excluding hydrogens is 395 g/mol. The van der Waals surface area contributed by atoms with Crippen molar-refractivity contribution in [2.75, 3.05) is 5.32 Å². The lowest BCUT2D eigenvalue weighted by molar-refractivity contribution is 0.102. The van der Waals surface area contributed by atoms with Crippen molar-refractivity contribution >= 4 is 34.8 Å². The molecule has 3 rings (SSSR count). The smallest absolute Gasteiger partial charge is 0.259 e. The minimum atomic E-state index is -0.952. The van der Waals surface area contributed by atoms with Crippen molar-refractivity contribution in [2.24, 2.45) is 0 Å². The van der Waals surface area contributed by atoms with E-state index < -0.39 is 19.4 Å². The molecular formula is C19H19Cl2F2N3O. The molecule has 0 aliphatic heterocycles. The van der Waals surface area contributed by atoms with Crippen LogP contribution in [0, 0.1) is 0 Å². The number of nitrogens with zero attached hydrogens (tertiary/aromatic N) is 2. The van der Waals surface area contributed by atoms with E-state index in [1.54, 1.807) is 6.07 Å². The van der Waals surface area contributed by atoms with Gasteiger partial charge in [-0.2, -0.15) is 5.10 Å². The summed E-state index contributed by atoms with van der Waals surface area (Å²) in [6, 6.07) is 5.60. The van der Waals surface area contributed by atoms with Gasteiger partial charge >= 0.3 is 0 Å². The van der Waals surface area contributed by atoms with Gasteiger partial charge in [-0.15, -0.1) is 0 Å². The zero-order chi connectivity index (χ0) is 19.7. The Kier molecular flexibility index (Phi) is 5.86. The van der Waals surface area contributed by atoms with Crippen molar-refractivity contribution in [3.05, 3.63) is 56.8 Å². The highest BCUT2D eigenvalue weighted by molar-refractivity contribution is 6.56. The number of nitrogens with one attached hydrogen (secondary N) is 1. The molecule has 1 heterocycles. The molecule has 0 fully saturated rings. The summed E-state index contributed by atoms with van der Waals surface area (Å²) in [6.45, 7) is 2.16. The summed E-state index contributed by atoms with van der Waals surface area (Å²) < 4.78 is 27.1. The highest BCUT2D eigenvalue weighted by atomic mass is 35.5. The van der Waals surface area contributed by atoms with Crippen LogP contribution in [0.1, 0.15) is 59.3 Å². The third kappa shape index (κ3) is 3.48. The molecule has 0 radical (unpaired) electrons. The van der Waals surface area contributed by atoms with E-state index in [1.165, 1.54) is 6.20 Å². The van der Waals surface area contributed by atoms with Gasteiger partial charge < -0.3 is 5.32 Å². The highest BCUT2D eigenvalue weighted by Gasteiger charge is 2.36. The van der Waals surface area contributed by atoms with Crippen molar-refractivity contribution in [3.63, 3.8) is 0 Å². The second-order valence-corrected chi connectivity index (χ2v) is 7.39. The number of aromatic nitrogens is 2. The number of halogens is 4. The molecule has 0 saturated carbocycles. The van der Waals surface area contributed by atoms with E-state index in [2.05, 4.69) is 10.4 Å². The van der Waals surface area contributed by atoms with Crippen molar-refractivity contribution in [1.29, 1.82) is 0 Å². The number of anilines is 1. The van der Waals surface area contributed by atoms with E-state index >= 15 is 0 Å². The van der Waals surface area contributed by atoms with E-state index in [4.69, 9.17) is 23.2 Å². The molecule has 0 bridgehead atoms. The van der Waals surface area contributed by atoms with Gasteiger partial charge in [0, 0.05) is 23.7 Å². The molecule has 1 aromatic carbocycles. The fraction of sp³-hybridized carbons (Fsp3) is 0.368. The third-order valence-corrected chi connectivity index (χ3v) is 5.44. The number of allylic oxidation sites excluding steroid dienone is 1. The maximum Gasteiger partial charge on any atom is 0.259 e. The molecule has 0 saturated heterocycles. The molecule has 1 amide bonds. The quantitative estimate of drug-likeness (QED) is 0.669. The number of hydrogen-bond acceptors (Lipinski definition) is 2. The molecule has 2 aromatic rings. The van der Waals surface area contributed by atoms with Gasteiger partial charge in [0.15, 0.2) is 6.80 Å². The van der Waals surface area contributed by atoms with Crippen LogP contribution in [0.3, 0.4) is 0 Å². The van der Waals surface area contributed by atoms with Gasteiger partial charge in [0.1, 0.15) is 16.9 Å². The van der Waals surface area contributed by atoms with Crippen molar-refractivity contribution < 1.29 is 13.6 Å². The highest BCUT2D eigenvalue weighted by Crippen LogP contribution is 2.52. The zero-order valence-corrected chi connectivity index (χ0v) is 16.4. The number of alkyl halides is 2. The van der Waals surface area contributed by atoms with Gasteiger partial charge in [-0.25, -0.2) is 13.5 Å². The number of carbonyl (C=O) groups is 1. The summed E-state index contributed by atoms with van der Waals surface area (Å²) in [5.74, 6) is -0.527. The molecule has 0 spiro atoms. The predicted molar refractivity (Wildman–Crippen MR) is 103 cm³/mol. The molecule has 1 aliphatic rings. The van der Waals surface area contributed by atoms with Crippen LogP contribution in [0.4, 0.5) is 14.5 Å². The molecule has 27 heavy (non-hydrogen) atoms. The fourth-order valence-corrected chi connectivity index (χ4v) is 4.39. The van der Waals surface area contributed by atoms with Crippen LogP contribution in [-0.2, 0) is 13.5 Å². The first-order valence-electron chi connectivity index (χ1n) is 8.60. The lowest BCUT2D eigenvalue weighted by Crippen LogP contribution is -2.15. The van der Waals surface area contributed by atoms with Crippen LogP contribution in [0.2, 0.25) is 0 Å². The standard InChI is InChI=1S/C19H19Cl2F2N3O/c1-3-11-16(18(20)21)10(2)12-5-4-6-14(17(11)12)24-19(27)13-8-26(9-23)25-15(13)7-22/h4-6,8,10-11H,3,7,9H2,1-2H3,(H,24,27). The maximum atomic E-state index is 13.1. The second-order valence-electron chi connectivity index (χ2n) is 6.44. The summed E-state index contributed by atoms with van der Waals surface area (Å²) >= 11 is 12.2. The fourth-order valence-electron chi connectivity index (χ4n) is 3.80. The summed E-state index contributed by atoms with van der Waals surface area (Å²) in [5.41, 5.74) is 3.44. The Morgan fingerprint density at radius 2 is 2.07 bits per heavy atom. The molecule has 4 nitrogen and oxygen atoms in total. The van der Waals surface area contributed by atoms with Crippen molar-refractivity contribution in [3.8, 4) is 0 Å². The monoisotopic (exact) mass is 413 g/mol. The van der Waals surface area contributed by atoms with Crippen LogP contribution in [-0.4, -0.2) is 15.7 Å². The van der Waals surface area contributed by atoms with Crippen molar-refractivity contribution in [2.45, 2.75) is 45.6 Å². The normalized spacial score (nSPS) is 18.5. The Morgan fingerprint density at radius 1 is 1.33 bits per heavy atom. The number of fused-ring (bicyclic) bond motifs is 1. The molecule has 8 heteroatoms. The minimum Gasteiger partial charge on any atom is -0.322 e. The topological polar surface area (TPSA) is 46.9 Å². The largest absolute Gasteiger partial charge is 0.322 e. The van der Waals surface area contributed by atoms with Gasteiger partial charge in [-0.3, -0.25) is 4.79 Å². The molecule has 2 atom stereocenters. The Bertz CT molecular complexity index is 906. The summed E-state index contributed by atoms with van der Waals surface area (Å²) in [7, 11) is 0. The van der Waals surface area contributed by atoms with Crippen molar-refractivity contribution in [1.82, 2.24) is 9.78 Å². The van der Waals surface area contributed by atoms with Crippen LogP contribution < -0.4 is 5.32 Å². The first-order valence-corrected chi connectivity index (χ1v) is 9.35. The van der Waals surface area contributed by atoms with Crippen LogP contribution in [0.15, 0.2) is 34.5 Å². The molecule has 1 aromatic heterocycles. The third-order valence-electron chi connectivity index (χ3n) is 5.00. The summed E-state index contributed by atoms with van der Waals surface area (Å²) in [6.07, 6.45) is 1.96. The maximum absolute atomic E-state index is 13.1. The predicted octanol–water partition coefficient (Wildman–Crippen LogP) is 5.83. The lowest BCUT2D eigenvalue weighted by Gasteiger charge is -2.16. The van der Waals surface area contributed by atoms with E-state index in [0.29, 0.717) is 5.69 Å². The lowest BCUT2D eigenvalue weighted by atomic mass is 9.93. The molecule has 1 aliphatic carbocycles. The first kappa shape index (κ1) is 19.8. The van der Waals surface area contributed by atoms with Gasteiger partial charge in [-0.1, -0.05) is 49.2 Å². The zero-order valence-electron chi connectivity index (χ0n) is 14.9. The molecule has 1 N–H and O–H groups in total. The van der Waals surface area contributed by atoms with Gasteiger partial charge in [0.2, 0.25) is 0 Å². The summed E-state index contributed by atoms with van der Waals surface area (Å²) in [5, 5.41) is 6.55. The second kappa shape index (κ2) is 7.98. The van der Waals surface area contributed by atoms with E-state index in [0.717, 1.165) is 27.8 Å². The molecule has 144 valence electrons. The van der Waals surface area contributed by atoms with E-state index in [-0.39, 0.29) is 27.6 Å². The Hall–Kier alpha value is -1.92. The SMILES string of the molecule is CCC1C(=C(Cl)Cl)C(C)c2cccc(NC(=O)c3cn(CF)nc3CF)c21. The number of benzene rings is 1. The Morgan fingerprint density at radius 3 is 2.67 bits per heavy atom. The van der Waals surface area contributed by atoms with E-state index in [9.17, 15) is 13.6 Å². The number of carbonyl (C=O) groups excluding carboxylic acids is 1. The average molecular weight is 414 g/mol. The van der Waals surface area contributed by atoms with Gasteiger partial charge in [0.05, 0.1) is 5.56 Å². The van der Waals surface area contributed by atoms with Gasteiger partial charge in [-0.05, 0) is 29.2 Å². The van der Waals surface area contributed by atoms with E-state index in [1.807, 2.05) is 26.0 Å². The van der Waals surface area contributed by atoms with Gasteiger partial charge in [0.25, 0.3) is 5.91 Å². The first-order chi connectivity index (χ1) is 12.9.